The first-order valence-corrected chi connectivity index (χ1v) is 9.25. The van der Waals surface area contributed by atoms with Crippen molar-refractivity contribution in [3.05, 3.63) is 36.3 Å². The summed E-state index contributed by atoms with van der Waals surface area (Å²) in [5, 5.41) is 7.59. The molecular weight excluding hydrogens is 391 g/mol. The van der Waals surface area contributed by atoms with E-state index in [2.05, 4.69) is 24.9 Å². The number of amidine groups is 1. The van der Waals surface area contributed by atoms with E-state index in [1.165, 1.54) is 25.6 Å². The lowest BCUT2D eigenvalue weighted by atomic mass is 10.2. The van der Waals surface area contributed by atoms with E-state index in [-0.39, 0.29) is 37.1 Å². The van der Waals surface area contributed by atoms with Crippen molar-refractivity contribution in [2.75, 3.05) is 25.1 Å². The van der Waals surface area contributed by atoms with Crippen LogP contribution in [0.3, 0.4) is 0 Å². The molecule has 10 nitrogen and oxygen atoms in total. The van der Waals surface area contributed by atoms with Crippen LogP contribution in [0.25, 0.3) is 5.57 Å². The van der Waals surface area contributed by atoms with Gasteiger partial charge in [-0.2, -0.15) is 14.4 Å². The van der Waals surface area contributed by atoms with E-state index < -0.39 is 5.95 Å². The van der Waals surface area contributed by atoms with E-state index >= 15 is 0 Å². The van der Waals surface area contributed by atoms with Crippen molar-refractivity contribution in [3.8, 4) is 5.75 Å². The number of nitrogens with zero attached hydrogens (tertiary/aromatic N) is 6. The summed E-state index contributed by atoms with van der Waals surface area (Å²) < 4.78 is 24.8. The Bertz CT molecular complexity index is 960. The SMILES string of the molecule is COc1cnc(/C(C=N)=C/C(N)=N/c2cc(F)nc(N3C[C@@H](C)O[C@@H](C)C3)n2)nc1.[HH]. The molecule has 2 atom stereocenters. The summed E-state index contributed by atoms with van der Waals surface area (Å²) >= 11 is 0. The van der Waals surface area contributed by atoms with Gasteiger partial charge in [0.05, 0.1) is 31.7 Å². The lowest BCUT2D eigenvalue weighted by Crippen LogP contribution is -2.46. The predicted molar refractivity (Wildman–Crippen MR) is 113 cm³/mol. The number of nitrogens with one attached hydrogen (secondary N) is 1. The molecule has 3 rings (SSSR count). The minimum Gasteiger partial charge on any atom is -0.494 e. The maximum absolute atomic E-state index is 14.1. The van der Waals surface area contributed by atoms with Gasteiger partial charge in [-0.15, -0.1) is 0 Å². The van der Waals surface area contributed by atoms with E-state index in [9.17, 15) is 4.39 Å². The summed E-state index contributed by atoms with van der Waals surface area (Å²) in [5.74, 6) is 0.348. The third kappa shape index (κ3) is 5.32. The number of aliphatic imine (C=N–C) groups is 1. The normalized spacial score (nSPS) is 20.2. The van der Waals surface area contributed by atoms with Crippen molar-refractivity contribution in [3.63, 3.8) is 0 Å². The number of rotatable bonds is 6. The number of methoxy groups -OCH3 is 1. The second-order valence-electron chi connectivity index (χ2n) is 6.74. The highest BCUT2D eigenvalue weighted by molar-refractivity contribution is 6.14. The van der Waals surface area contributed by atoms with Crippen LogP contribution < -0.4 is 15.4 Å². The number of halogens is 1. The fraction of sp³-hybridized carbons (Fsp3) is 0.368. The zero-order valence-corrected chi connectivity index (χ0v) is 16.9. The molecule has 2 aromatic heterocycles. The Balaban J connectivity index is 0.00000341. The van der Waals surface area contributed by atoms with Gasteiger partial charge in [-0.25, -0.2) is 15.0 Å². The second kappa shape index (κ2) is 9.35. The van der Waals surface area contributed by atoms with Gasteiger partial charge in [-0.3, -0.25) is 0 Å². The van der Waals surface area contributed by atoms with Crippen LogP contribution >= 0.6 is 0 Å². The minimum absolute atomic E-state index is 0. The highest BCUT2D eigenvalue weighted by atomic mass is 19.1. The van der Waals surface area contributed by atoms with Gasteiger partial charge in [-0.1, -0.05) is 0 Å². The largest absolute Gasteiger partial charge is 0.494 e. The number of allylic oxidation sites excluding steroid dienone is 1. The molecule has 0 aromatic carbocycles. The molecule has 1 aliphatic rings. The molecule has 0 unspecified atom stereocenters. The number of anilines is 1. The highest BCUT2D eigenvalue weighted by Crippen LogP contribution is 2.20. The Labute approximate surface area is 174 Å². The lowest BCUT2D eigenvalue weighted by Gasteiger charge is -2.35. The maximum Gasteiger partial charge on any atom is 0.230 e. The molecule has 0 radical (unpaired) electrons. The molecule has 0 aliphatic carbocycles. The molecule has 0 bridgehead atoms. The van der Waals surface area contributed by atoms with Gasteiger partial charge >= 0.3 is 0 Å². The smallest absolute Gasteiger partial charge is 0.230 e. The third-order valence-electron chi connectivity index (χ3n) is 4.20. The van der Waals surface area contributed by atoms with Gasteiger partial charge in [0.15, 0.2) is 17.4 Å². The quantitative estimate of drug-likeness (QED) is 0.415. The zero-order valence-electron chi connectivity index (χ0n) is 16.9. The number of aromatic nitrogens is 4. The molecule has 1 fully saturated rings. The van der Waals surface area contributed by atoms with Crippen molar-refractivity contribution < 1.29 is 15.3 Å². The molecule has 0 amide bonds. The molecule has 0 saturated carbocycles. The Hall–Kier alpha value is -3.47. The van der Waals surface area contributed by atoms with Crippen LogP contribution in [0.5, 0.6) is 5.75 Å². The van der Waals surface area contributed by atoms with Gasteiger partial charge in [0, 0.05) is 32.4 Å². The van der Waals surface area contributed by atoms with Crippen LogP contribution in [0, 0.1) is 11.4 Å². The molecule has 1 aliphatic heterocycles. The Kier molecular flexibility index (Phi) is 6.62. The van der Waals surface area contributed by atoms with E-state index in [4.69, 9.17) is 20.6 Å². The van der Waals surface area contributed by atoms with Crippen LogP contribution in [0.1, 0.15) is 21.1 Å². The molecular formula is C19H25FN8O2. The van der Waals surface area contributed by atoms with Crippen molar-refractivity contribution >= 4 is 29.4 Å². The van der Waals surface area contributed by atoms with Crippen LogP contribution in [-0.2, 0) is 4.74 Å². The number of morpholine rings is 1. The first-order valence-electron chi connectivity index (χ1n) is 9.25. The topological polar surface area (TPSA) is 135 Å². The van der Waals surface area contributed by atoms with Gasteiger partial charge < -0.3 is 25.5 Å². The molecule has 3 heterocycles. The third-order valence-corrected chi connectivity index (χ3v) is 4.20. The fourth-order valence-electron chi connectivity index (χ4n) is 3.00. The average molecular weight is 416 g/mol. The van der Waals surface area contributed by atoms with Crippen molar-refractivity contribution in [1.29, 1.82) is 5.41 Å². The molecule has 3 N–H and O–H groups in total. The summed E-state index contributed by atoms with van der Waals surface area (Å²) in [6.07, 6.45) is 5.35. The summed E-state index contributed by atoms with van der Waals surface area (Å²) in [6, 6.07) is 1.09. The van der Waals surface area contributed by atoms with Crippen LogP contribution in [0.2, 0.25) is 0 Å². The number of ether oxygens (including phenoxy) is 2. The van der Waals surface area contributed by atoms with Crippen LogP contribution in [0.15, 0.2) is 29.5 Å². The second-order valence-corrected chi connectivity index (χ2v) is 6.74. The van der Waals surface area contributed by atoms with Crippen LogP contribution in [-0.4, -0.2) is 64.4 Å². The van der Waals surface area contributed by atoms with Crippen molar-refractivity contribution in [1.82, 2.24) is 19.9 Å². The van der Waals surface area contributed by atoms with Gasteiger partial charge in [0.1, 0.15) is 5.84 Å². The first kappa shape index (κ1) is 21.2. The number of nitrogens with two attached hydrogens (primary N) is 1. The molecule has 11 heteroatoms. The van der Waals surface area contributed by atoms with Gasteiger partial charge in [0.2, 0.25) is 11.9 Å². The molecule has 160 valence electrons. The highest BCUT2D eigenvalue weighted by Gasteiger charge is 2.24. The first-order chi connectivity index (χ1) is 14.4. The lowest BCUT2D eigenvalue weighted by molar-refractivity contribution is -0.00576. The van der Waals surface area contributed by atoms with Crippen molar-refractivity contribution in [2.45, 2.75) is 26.1 Å². The molecule has 2 aromatic rings. The standard InChI is InChI=1S/C19H23FN8O2.H2/c1-11-9-28(10-12(2)30-11)19-25-15(20)5-17(27-19)26-16(22)4-13(6-21)18-23-7-14(29-3)8-24-18;/h4-8,11-12,21H,9-10H2,1-3H3,(H2,22,25,26,27);1H/b13-4+,21-6?;/t11-,12+;. The molecule has 1 saturated heterocycles. The fourth-order valence-corrected chi connectivity index (χ4v) is 3.00. The summed E-state index contributed by atoms with van der Waals surface area (Å²) in [6.45, 7) is 4.95. The van der Waals surface area contributed by atoms with E-state index in [1.807, 2.05) is 18.7 Å². The van der Waals surface area contributed by atoms with Crippen molar-refractivity contribution in [2.24, 2.45) is 10.7 Å². The van der Waals surface area contributed by atoms with E-state index in [0.717, 1.165) is 12.3 Å². The van der Waals surface area contributed by atoms with Gasteiger partial charge in [0.25, 0.3) is 0 Å². The zero-order chi connectivity index (χ0) is 21.7. The summed E-state index contributed by atoms with van der Waals surface area (Å²) in [5.41, 5.74) is 6.30. The number of hydrogen-bond acceptors (Lipinski definition) is 9. The van der Waals surface area contributed by atoms with Crippen LogP contribution in [0.4, 0.5) is 16.2 Å². The summed E-state index contributed by atoms with van der Waals surface area (Å²) in [7, 11) is 1.50. The summed E-state index contributed by atoms with van der Waals surface area (Å²) in [4.78, 5) is 22.4. The maximum atomic E-state index is 14.1. The predicted octanol–water partition coefficient (Wildman–Crippen LogP) is 2.00. The Morgan fingerprint density at radius 2 is 2.00 bits per heavy atom. The molecule has 30 heavy (non-hydrogen) atoms. The van der Waals surface area contributed by atoms with E-state index in [0.29, 0.717) is 24.4 Å². The number of hydrogen-bond donors (Lipinski definition) is 2. The monoisotopic (exact) mass is 416 g/mol. The Morgan fingerprint density at radius 1 is 1.33 bits per heavy atom. The minimum atomic E-state index is -0.715. The van der Waals surface area contributed by atoms with Gasteiger partial charge in [-0.05, 0) is 19.9 Å². The van der Waals surface area contributed by atoms with E-state index in [1.54, 1.807) is 0 Å². The molecule has 0 spiro atoms. The Morgan fingerprint density at radius 3 is 2.60 bits per heavy atom. The average Bonchev–Trinajstić information content (AvgIpc) is 2.71.